The van der Waals surface area contributed by atoms with Crippen molar-refractivity contribution < 1.29 is 14.3 Å². The number of nitriles is 1. The van der Waals surface area contributed by atoms with Gasteiger partial charge >= 0.3 is 5.97 Å². The Balaban J connectivity index is 2.58. The Morgan fingerprint density at radius 1 is 1.35 bits per heavy atom. The van der Waals surface area contributed by atoms with Gasteiger partial charge in [0, 0.05) is 18.7 Å². The maximum absolute atomic E-state index is 12.4. The molecule has 0 fully saturated rings. The SMILES string of the molecule is CCN(C(=O)CCSCC(=O)OC)[C@H](C)c1ccc(C#N)cc1. The number of amides is 1. The van der Waals surface area contributed by atoms with Crippen molar-refractivity contribution in [3.05, 3.63) is 35.4 Å². The van der Waals surface area contributed by atoms with Crippen molar-refractivity contribution in [3.63, 3.8) is 0 Å². The molecule has 0 saturated carbocycles. The molecule has 0 heterocycles. The van der Waals surface area contributed by atoms with Gasteiger partial charge in [-0.25, -0.2) is 0 Å². The number of hydrogen-bond acceptors (Lipinski definition) is 5. The molecule has 1 rings (SSSR count). The summed E-state index contributed by atoms with van der Waals surface area (Å²) in [5, 5.41) is 8.84. The van der Waals surface area contributed by atoms with Crippen LogP contribution in [0.2, 0.25) is 0 Å². The highest BCUT2D eigenvalue weighted by Gasteiger charge is 2.19. The summed E-state index contributed by atoms with van der Waals surface area (Å²) in [6, 6.07) is 9.32. The van der Waals surface area contributed by atoms with E-state index in [1.807, 2.05) is 26.0 Å². The summed E-state index contributed by atoms with van der Waals surface area (Å²) in [4.78, 5) is 25.2. The van der Waals surface area contributed by atoms with Crippen LogP contribution in [-0.4, -0.2) is 41.9 Å². The van der Waals surface area contributed by atoms with E-state index in [1.165, 1.54) is 18.9 Å². The number of benzene rings is 1. The molecule has 23 heavy (non-hydrogen) atoms. The number of nitrogens with zero attached hydrogens (tertiary/aromatic N) is 2. The van der Waals surface area contributed by atoms with Crippen molar-refractivity contribution >= 4 is 23.6 Å². The molecule has 6 heteroatoms. The summed E-state index contributed by atoms with van der Waals surface area (Å²) in [6.07, 6.45) is 0.385. The van der Waals surface area contributed by atoms with Gasteiger partial charge in [-0.05, 0) is 31.5 Å². The summed E-state index contributed by atoms with van der Waals surface area (Å²) in [5.74, 6) is 0.633. The number of ether oxygens (including phenoxy) is 1. The maximum Gasteiger partial charge on any atom is 0.315 e. The van der Waals surface area contributed by atoms with Crippen molar-refractivity contribution in [3.8, 4) is 6.07 Å². The molecule has 0 radical (unpaired) electrons. The standard InChI is InChI=1S/C17H22N2O3S/c1-4-19(16(20)9-10-23-12-17(21)22-3)13(2)15-7-5-14(11-18)6-8-15/h5-8,13H,4,9-10,12H2,1-3H3/t13-/m1/s1. The van der Waals surface area contributed by atoms with Gasteiger partial charge in [-0.1, -0.05) is 12.1 Å². The molecule has 1 atom stereocenters. The number of methoxy groups -OCH3 is 1. The lowest BCUT2D eigenvalue weighted by atomic mass is 10.0. The highest BCUT2D eigenvalue weighted by molar-refractivity contribution is 7.99. The van der Waals surface area contributed by atoms with Crippen molar-refractivity contribution in [2.45, 2.75) is 26.3 Å². The van der Waals surface area contributed by atoms with Crippen LogP contribution in [0.25, 0.3) is 0 Å². The molecule has 0 spiro atoms. The second-order valence-corrected chi connectivity index (χ2v) is 6.07. The monoisotopic (exact) mass is 334 g/mol. The van der Waals surface area contributed by atoms with Crippen molar-refractivity contribution in [1.29, 1.82) is 5.26 Å². The first-order chi connectivity index (χ1) is 11.0. The molecule has 124 valence electrons. The summed E-state index contributed by atoms with van der Waals surface area (Å²) >= 11 is 1.40. The van der Waals surface area contributed by atoms with E-state index < -0.39 is 0 Å². The normalized spacial score (nSPS) is 11.4. The maximum atomic E-state index is 12.4. The van der Waals surface area contributed by atoms with E-state index in [4.69, 9.17) is 5.26 Å². The molecular formula is C17H22N2O3S. The third-order valence-electron chi connectivity index (χ3n) is 3.56. The smallest absolute Gasteiger partial charge is 0.315 e. The van der Waals surface area contributed by atoms with E-state index >= 15 is 0 Å². The van der Waals surface area contributed by atoms with E-state index in [1.54, 1.807) is 17.0 Å². The van der Waals surface area contributed by atoms with Gasteiger partial charge in [-0.3, -0.25) is 9.59 Å². The minimum absolute atomic E-state index is 0.0501. The fourth-order valence-electron chi connectivity index (χ4n) is 2.20. The average Bonchev–Trinajstić information content (AvgIpc) is 2.59. The Morgan fingerprint density at radius 3 is 2.52 bits per heavy atom. The number of rotatable bonds is 8. The molecule has 0 aliphatic heterocycles. The molecule has 1 amide bonds. The van der Waals surface area contributed by atoms with Gasteiger partial charge in [0.05, 0.1) is 30.5 Å². The van der Waals surface area contributed by atoms with Gasteiger partial charge in [0.2, 0.25) is 5.91 Å². The zero-order valence-electron chi connectivity index (χ0n) is 13.7. The van der Waals surface area contributed by atoms with Gasteiger partial charge in [0.15, 0.2) is 0 Å². The van der Waals surface area contributed by atoms with Crippen LogP contribution in [0.5, 0.6) is 0 Å². The van der Waals surface area contributed by atoms with Crippen molar-refractivity contribution in [2.24, 2.45) is 0 Å². The lowest BCUT2D eigenvalue weighted by molar-refractivity contribution is -0.137. The zero-order valence-corrected chi connectivity index (χ0v) is 14.6. The predicted octanol–water partition coefficient (Wildman–Crippen LogP) is 2.76. The minimum atomic E-state index is -0.277. The van der Waals surface area contributed by atoms with Crippen LogP contribution in [0, 0.1) is 11.3 Å². The molecule has 1 aromatic carbocycles. The lowest BCUT2D eigenvalue weighted by Crippen LogP contribution is -2.33. The van der Waals surface area contributed by atoms with Crippen molar-refractivity contribution in [2.75, 3.05) is 25.2 Å². The molecule has 1 aromatic rings. The number of carbonyl (C=O) groups excluding carboxylic acids is 2. The number of hydrogen-bond donors (Lipinski definition) is 0. The minimum Gasteiger partial charge on any atom is -0.468 e. The summed E-state index contributed by atoms with van der Waals surface area (Å²) in [5.41, 5.74) is 1.61. The molecule has 0 saturated heterocycles. The Labute approximate surface area is 141 Å². The van der Waals surface area contributed by atoms with Crippen LogP contribution in [0.15, 0.2) is 24.3 Å². The number of carbonyl (C=O) groups is 2. The molecular weight excluding hydrogens is 312 g/mol. The van der Waals surface area contributed by atoms with Gasteiger partial charge in [0.25, 0.3) is 0 Å². The highest BCUT2D eigenvalue weighted by Crippen LogP contribution is 2.21. The first kappa shape index (κ1) is 19.0. The van der Waals surface area contributed by atoms with E-state index in [9.17, 15) is 9.59 Å². The average molecular weight is 334 g/mol. The van der Waals surface area contributed by atoms with Gasteiger partial charge in [-0.2, -0.15) is 5.26 Å². The van der Waals surface area contributed by atoms with E-state index in [0.29, 0.717) is 24.3 Å². The van der Waals surface area contributed by atoms with Crippen LogP contribution in [0.4, 0.5) is 0 Å². The van der Waals surface area contributed by atoms with E-state index in [-0.39, 0.29) is 23.7 Å². The van der Waals surface area contributed by atoms with Crippen LogP contribution in [0.1, 0.15) is 37.4 Å². The van der Waals surface area contributed by atoms with Crippen LogP contribution >= 0.6 is 11.8 Å². The lowest BCUT2D eigenvalue weighted by Gasteiger charge is -2.28. The quantitative estimate of drug-likeness (QED) is 0.540. The third kappa shape index (κ3) is 5.95. The Hall–Kier alpha value is -2.00. The van der Waals surface area contributed by atoms with E-state index in [0.717, 1.165) is 5.56 Å². The van der Waals surface area contributed by atoms with Crippen LogP contribution < -0.4 is 0 Å². The number of esters is 1. The second kappa shape index (κ2) is 9.90. The molecule has 0 aliphatic carbocycles. The summed E-state index contributed by atoms with van der Waals surface area (Å²) in [7, 11) is 1.35. The zero-order chi connectivity index (χ0) is 17.2. The fraction of sp³-hybridized carbons (Fsp3) is 0.471. The van der Waals surface area contributed by atoms with Crippen LogP contribution in [0.3, 0.4) is 0 Å². The summed E-state index contributed by atoms with van der Waals surface area (Å²) in [6.45, 7) is 4.53. The molecule has 0 aliphatic rings. The first-order valence-electron chi connectivity index (χ1n) is 7.47. The molecule has 5 nitrogen and oxygen atoms in total. The Bertz CT molecular complexity index is 566. The largest absolute Gasteiger partial charge is 0.468 e. The molecule has 0 bridgehead atoms. The Kier molecular flexibility index (Phi) is 8.20. The molecule has 0 unspecified atom stereocenters. The Morgan fingerprint density at radius 2 is 2.00 bits per heavy atom. The topological polar surface area (TPSA) is 70.4 Å². The van der Waals surface area contributed by atoms with Crippen molar-refractivity contribution in [1.82, 2.24) is 4.90 Å². The molecule has 0 aromatic heterocycles. The van der Waals surface area contributed by atoms with E-state index in [2.05, 4.69) is 10.8 Å². The van der Waals surface area contributed by atoms with Gasteiger partial charge in [0.1, 0.15) is 0 Å². The third-order valence-corrected chi connectivity index (χ3v) is 4.49. The first-order valence-corrected chi connectivity index (χ1v) is 8.63. The van der Waals surface area contributed by atoms with Gasteiger partial charge < -0.3 is 9.64 Å². The van der Waals surface area contributed by atoms with Crippen LogP contribution in [-0.2, 0) is 14.3 Å². The van der Waals surface area contributed by atoms with Gasteiger partial charge in [-0.15, -0.1) is 11.8 Å². The highest BCUT2D eigenvalue weighted by atomic mass is 32.2. The summed E-state index contributed by atoms with van der Waals surface area (Å²) < 4.78 is 4.56. The fourth-order valence-corrected chi connectivity index (χ4v) is 2.95. The second-order valence-electron chi connectivity index (χ2n) is 4.97. The molecule has 0 N–H and O–H groups in total. The predicted molar refractivity (Wildman–Crippen MR) is 90.9 cm³/mol. The number of thioether (sulfide) groups is 1.